The topological polar surface area (TPSA) is 49.3 Å². The van der Waals surface area contributed by atoms with Crippen molar-refractivity contribution in [2.45, 2.75) is 32.7 Å². The van der Waals surface area contributed by atoms with Crippen molar-refractivity contribution in [3.63, 3.8) is 0 Å². The predicted molar refractivity (Wildman–Crippen MR) is 65.5 cm³/mol. The quantitative estimate of drug-likeness (QED) is 0.830. The molecule has 3 nitrogen and oxygen atoms in total. The Morgan fingerprint density at radius 1 is 1.41 bits per heavy atom. The van der Waals surface area contributed by atoms with Crippen LogP contribution in [0, 0.1) is 11.7 Å². The minimum atomic E-state index is -1.04. The maximum absolute atomic E-state index is 12.7. The van der Waals surface area contributed by atoms with Gasteiger partial charge in [-0.25, -0.2) is 9.18 Å². The predicted octanol–water partition coefficient (Wildman–Crippen LogP) is 3.13. The summed E-state index contributed by atoms with van der Waals surface area (Å²) < 4.78 is 12.7. The van der Waals surface area contributed by atoms with Crippen LogP contribution in [0.1, 0.15) is 27.2 Å². The first-order chi connectivity index (χ1) is 7.83. The van der Waals surface area contributed by atoms with Gasteiger partial charge in [0.25, 0.3) is 0 Å². The first kappa shape index (κ1) is 13.5. The Hall–Kier alpha value is -1.58. The molecule has 0 aliphatic carbocycles. The second-order valence-electron chi connectivity index (χ2n) is 4.87. The maximum atomic E-state index is 12.7. The summed E-state index contributed by atoms with van der Waals surface area (Å²) in [7, 11) is 0. The highest BCUT2D eigenvalue weighted by Crippen LogP contribution is 2.23. The standard InChI is InChI=1S/C13H18FNO2/c1-9(2)8-13(3,12(16)17)15-11-6-4-10(14)5-7-11/h4-7,9,15H,8H2,1-3H3,(H,16,17). The molecular formula is C13H18FNO2. The number of aliphatic carboxylic acids is 1. The van der Waals surface area contributed by atoms with Crippen LogP contribution in [0.15, 0.2) is 24.3 Å². The molecule has 0 saturated heterocycles. The number of nitrogens with one attached hydrogen (secondary N) is 1. The van der Waals surface area contributed by atoms with Crippen molar-refractivity contribution in [3.05, 3.63) is 30.1 Å². The molecule has 1 aromatic carbocycles. The Balaban J connectivity index is 2.86. The summed E-state index contributed by atoms with van der Waals surface area (Å²) in [5.74, 6) is -0.990. The molecule has 1 aromatic rings. The van der Waals surface area contributed by atoms with Crippen LogP contribution in [-0.4, -0.2) is 16.6 Å². The molecule has 0 saturated carbocycles. The Bertz CT molecular complexity index is 389. The largest absolute Gasteiger partial charge is 0.480 e. The van der Waals surface area contributed by atoms with Crippen molar-refractivity contribution < 1.29 is 14.3 Å². The molecule has 0 spiro atoms. The van der Waals surface area contributed by atoms with Crippen LogP contribution in [0.25, 0.3) is 0 Å². The zero-order valence-electron chi connectivity index (χ0n) is 10.3. The van der Waals surface area contributed by atoms with E-state index >= 15 is 0 Å². The number of benzene rings is 1. The molecule has 4 heteroatoms. The molecule has 0 aliphatic heterocycles. The molecule has 0 bridgehead atoms. The lowest BCUT2D eigenvalue weighted by Gasteiger charge is -2.29. The lowest BCUT2D eigenvalue weighted by atomic mass is 9.90. The Labute approximate surface area is 101 Å². The summed E-state index contributed by atoms with van der Waals surface area (Å²) in [6, 6.07) is 5.69. The Morgan fingerprint density at radius 3 is 2.35 bits per heavy atom. The van der Waals surface area contributed by atoms with Gasteiger partial charge in [-0.3, -0.25) is 0 Å². The SMILES string of the molecule is CC(C)CC(C)(Nc1ccc(F)cc1)C(=O)O. The van der Waals surface area contributed by atoms with Gasteiger partial charge in [-0.2, -0.15) is 0 Å². The van der Waals surface area contributed by atoms with Crippen LogP contribution in [0.5, 0.6) is 0 Å². The monoisotopic (exact) mass is 239 g/mol. The van der Waals surface area contributed by atoms with Crippen molar-refractivity contribution in [2.24, 2.45) is 5.92 Å². The summed E-state index contributed by atoms with van der Waals surface area (Å²) >= 11 is 0. The summed E-state index contributed by atoms with van der Waals surface area (Å²) in [5.41, 5.74) is -0.427. The number of carbonyl (C=O) groups is 1. The van der Waals surface area contributed by atoms with E-state index in [0.29, 0.717) is 12.1 Å². The van der Waals surface area contributed by atoms with Crippen molar-refractivity contribution in [2.75, 3.05) is 5.32 Å². The van der Waals surface area contributed by atoms with Gasteiger partial charge in [-0.05, 0) is 43.5 Å². The minimum Gasteiger partial charge on any atom is -0.480 e. The second kappa shape index (κ2) is 5.17. The summed E-state index contributed by atoms with van der Waals surface area (Å²) in [6.07, 6.45) is 0.500. The number of halogens is 1. The molecular weight excluding hydrogens is 221 g/mol. The number of carboxylic acid groups (broad SMARTS) is 1. The number of anilines is 1. The number of carboxylic acids is 1. The molecule has 0 heterocycles. The van der Waals surface area contributed by atoms with Crippen LogP contribution >= 0.6 is 0 Å². The van der Waals surface area contributed by atoms with Gasteiger partial charge in [0.05, 0.1) is 0 Å². The highest BCUT2D eigenvalue weighted by Gasteiger charge is 2.33. The minimum absolute atomic E-state index is 0.254. The average molecular weight is 239 g/mol. The molecule has 0 amide bonds. The van der Waals surface area contributed by atoms with Crippen molar-refractivity contribution in [1.82, 2.24) is 0 Å². The van der Waals surface area contributed by atoms with Crippen molar-refractivity contribution >= 4 is 11.7 Å². The van der Waals surface area contributed by atoms with E-state index in [9.17, 15) is 14.3 Å². The van der Waals surface area contributed by atoms with Gasteiger partial charge >= 0.3 is 5.97 Å². The third-order valence-corrected chi connectivity index (χ3v) is 2.55. The van der Waals surface area contributed by atoms with Gasteiger partial charge in [0.1, 0.15) is 11.4 Å². The molecule has 94 valence electrons. The molecule has 17 heavy (non-hydrogen) atoms. The van der Waals surface area contributed by atoms with Crippen LogP contribution < -0.4 is 5.32 Å². The van der Waals surface area contributed by atoms with E-state index < -0.39 is 11.5 Å². The first-order valence-corrected chi connectivity index (χ1v) is 5.60. The Kier molecular flexibility index (Phi) is 4.10. The smallest absolute Gasteiger partial charge is 0.329 e. The van der Waals surface area contributed by atoms with E-state index in [1.54, 1.807) is 6.92 Å². The second-order valence-corrected chi connectivity index (χ2v) is 4.87. The molecule has 0 aliphatic rings. The van der Waals surface area contributed by atoms with Gasteiger partial charge in [0.2, 0.25) is 0 Å². The van der Waals surface area contributed by atoms with E-state index in [1.807, 2.05) is 13.8 Å². The first-order valence-electron chi connectivity index (χ1n) is 5.60. The van der Waals surface area contributed by atoms with E-state index in [2.05, 4.69) is 5.32 Å². The molecule has 0 radical (unpaired) electrons. The van der Waals surface area contributed by atoms with Crippen LogP contribution in [0.2, 0.25) is 0 Å². The summed E-state index contributed by atoms with van der Waals surface area (Å²) in [5, 5.41) is 12.2. The normalized spacial score (nSPS) is 14.4. The highest BCUT2D eigenvalue weighted by molar-refractivity contribution is 5.82. The lowest BCUT2D eigenvalue weighted by molar-refractivity contribution is -0.142. The number of rotatable bonds is 5. The Morgan fingerprint density at radius 2 is 1.94 bits per heavy atom. The van der Waals surface area contributed by atoms with E-state index in [1.165, 1.54) is 24.3 Å². The molecule has 1 atom stereocenters. The zero-order valence-corrected chi connectivity index (χ0v) is 10.3. The van der Waals surface area contributed by atoms with Gasteiger partial charge in [0, 0.05) is 5.69 Å². The zero-order chi connectivity index (χ0) is 13.1. The van der Waals surface area contributed by atoms with Crippen LogP contribution in [-0.2, 0) is 4.79 Å². The number of hydrogen-bond donors (Lipinski definition) is 2. The summed E-state index contributed by atoms with van der Waals surface area (Å²) in [6.45, 7) is 5.57. The van der Waals surface area contributed by atoms with Gasteiger partial charge in [-0.1, -0.05) is 13.8 Å². The fourth-order valence-electron chi connectivity index (χ4n) is 1.86. The average Bonchev–Trinajstić information content (AvgIpc) is 2.20. The van der Waals surface area contributed by atoms with Crippen LogP contribution in [0.3, 0.4) is 0 Å². The van der Waals surface area contributed by atoms with Gasteiger partial charge < -0.3 is 10.4 Å². The van der Waals surface area contributed by atoms with Crippen molar-refractivity contribution in [3.8, 4) is 0 Å². The lowest BCUT2D eigenvalue weighted by Crippen LogP contribution is -2.44. The highest BCUT2D eigenvalue weighted by atomic mass is 19.1. The van der Waals surface area contributed by atoms with Gasteiger partial charge in [0.15, 0.2) is 0 Å². The van der Waals surface area contributed by atoms with Crippen LogP contribution in [0.4, 0.5) is 10.1 Å². The molecule has 1 unspecified atom stereocenters. The van der Waals surface area contributed by atoms with Gasteiger partial charge in [-0.15, -0.1) is 0 Å². The molecule has 0 fully saturated rings. The number of hydrogen-bond acceptors (Lipinski definition) is 2. The molecule has 0 aromatic heterocycles. The fraction of sp³-hybridized carbons (Fsp3) is 0.462. The maximum Gasteiger partial charge on any atom is 0.329 e. The van der Waals surface area contributed by atoms with E-state index in [0.717, 1.165) is 0 Å². The third-order valence-electron chi connectivity index (χ3n) is 2.55. The molecule has 2 N–H and O–H groups in total. The van der Waals surface area contributed by atoms with E-state index in [4.69, 9.17) is 0 Å². The van der Waals surface area contributed by atoms with E-state index in [-0.39, 0.29) is 11.7 Å². The fourth-order valence-corrected chi connectivity index (χ4v) is 1.86. The third kappa shape index (κ3) is 3.73. The molecule has 1 rings (SSSR count). The summed E-state index contributed by atoms with van der Waals surface area (Å²) in [4.78, 5) is 11.3. The van der Waals surface area contributed by atoms with Crippen molar-refractivity contribution in [1.29, 1.82) is 0 Å².